The molecular formula is C19H33ClOSn. The maximum atomic E-state index is 6.25. The van der Waals surface area contributed by atoms with Gasteiger partial charge in [0.1, 0.15) is 0 Å². The van der Waals surface area contributed by atoms with E-state index >= 15 is 0 Å². The van der Waals surface area contributed by atoms with Crippen molar-refractivity contribution < 1.29 is 4.74 Å². The Morgan fingerprint density at radius 2 is 1.45 bits per heavy atom. The van der Waals surface area contributed by atoms with Gasteiger partial charge in [-0.3, -0.25) is 0 Å². The summed E-state index contributed by atoms with van der Waals surface area (Å²) >= 11 is 3.91. The third-order valence-electron chi connectivity index (χ3n) is 4.52. The topological polar surface area (TPSA) is 9.23 Å². The second-order valence-corrected chi connectivity index (χ2v) is 20.7. The molecule has 0 atom stereocenters. The van der Waals surface area contributed by atoms with Gasteiger partial charge in [0.15, 0.2) is 0 Å². The van der Waals surface area contributed by atoms with Gasteiger partial charge in [-0.15, -0.1) is 0 Å². The summed E-state index contributed by atoms with van der Waals surface area (Å²) in [6.07, 6.45) is 8.11. The molecule has 0 N–H and O–H groups in total. The van der Waals surface area contributed by atoms with Crippen LogP contribution < -0.4 is 4.74 Å². The first-order valence-corrected chi connectivity index (χ1v) is 17.5. The standard InChI is InChI=1S/C7H6ClO.3C4H9.Sn/c1-9-7-4-2-3-6(8)5-7;3*1-3-4-2;/h2-5H,1H2;3*1,3-4H2,2H3;. The maximum absolute atomic E-state index is 6.25. The van der Waals surface area contributed by atoms with Crippen molar-refractivity contribution in [2.45, 2.75) is 72.6 Å². The van der Waals surface area contributed by atoms with E-state index in [9.17, 15) is 0 Å². The molecule has 0 spiro atoms. The van der Waals surface area contributed by atoms with Gasteiger partial charge in [-0.1, -0.05) is 0 Å². The SMILES string of the molecule is CCC[CH2][Sn]([CH2]CCC)([CH2]CCC)[CH2]Oc1cccc(Cl)c1. The van der Waals surface area contributed by atoms with Gasteiger partial charge in [-0.05, 0) is 0 Å². The van der Waals surface area contributed by atoms with E-state index in [1.54, 1.807) is 0 Å². The molecule has 0 heterocycles. The Morgan fingerprint density at radius 1 is 0.909 bits per heavy atom. The zero-order valence-corrected chi connectivity index (χ0v) is 18.3. The molecule has 0 aliphatic carbocycles. The number of halogens is 1. The first-order chi connectivity index (χ1) is 10.7. The summed E-state index contributed by atoms with van der Waals surface area (Å²) in [7, 11) is 0. The first kappa shape index (κ1) is 20.2. The van der Waals surface area contributed by atoms with Gasteiger partial charge in [0.05, 0.1) is 0 Å². The van der Waals surface area contributed by atoms with Crippen molar-refractivity contribution in [2.24, 2.45) is 0 Å². The van der Waals surface area contributed by atoms with E-state index in [-0.39, 0.29) is 0 Å². The van der Waals surface area contributed by atoms with Gasteiger partial charge in [0.2, 0.25) is 0 Å². The average molecular weight is 432 g/mol. The van der Waals surface area contributed by atoms with Crippen LogP contribution in [0.2, 0.25) is 18.3 Å². The second-order valence-electron chi connectivity index (χ2n) is 6.56. The van der Waals surface area contributed by atoms with Crippen LogP contribution in [0.1, 0.15) is 59.3 Å². The Bertz CT molecular complexity index is 386. The summed E-state index contributed by atoms with van der Waals surface area (Å²) in [6, 6.07) is 7.90. The molecule has 0 aliphatic heterocycles. The molecule has 3 heteroatoms. The number of unbranched alkanes of at least 4 members (excludes halogenated alkanes) is 3. The summed E-state index contributed by atoms with van der Waals surface area (Å²) in [4.78, 5) is 0. The monoisotopic (exact) mass is 432 g/mol. The molecule has 0 unspecified atom stereocenters. The number of hydrogen-bond donors (Lipinski definition) is 0. The minimum atomic E-state index is -2.17. The van der Waals surface area contributed by atoms with Gasteiger partial charge in [-0.2, -0.15) is 0 Å². The molecule has 0 fully saturated rings. The van der Waals surface area contributed by atoms with Gasteiger partial charge in [-0.25, -0.2) is 0 Å². The van der Waals surface area contributed by atoms with E-state index in [0.29, 0.717) is 0 Å². The van der Waals surface area contributed by atoms with Crippen LogP contribution in [0, 0.1) is 0 Å². The predicted molar refractivity (Wildman–Crippen MR) is 102 cm³/mol. The fourth-order valence-corrected chi connectivity index (χ4v) is 17.4. The van der Waals surface area contributed by atoms with Crippen LogP contribution >= 0.6 is 11.6 Å². The third kappa shape index (κ3) is 7.59. The molecular weight excluding hydrogens is 398 g/mol. The molecule has 0 amide bonds. The molecule has 0 saturated heterocycles. The molecule has 0 saturated carbocycles. The molecule has 0 aliphatic rings. The molecule has 0 aromatic heterocycles. The fraction of sp³-hybridized carbons (Fsp3) is 0.684. The molecule has 0 bridgehead atoms. The molecule has 126 valence electrons. The van der Waals surface area contributed by atoms with Crippen LogP contribution in [0.5, 0.6) is 5.75 Å². The van der Waals surface area contributed by atoms with Crippen molar-refractivity contribution in [1.29, 1.82) is 0 Å². The summed E-state index contributed by atoms with van der Waals surface area (Å²) in [5.41, 5.74) is 0. The van der Waals surface area contributed by atoms with Crippen LogP contribution in [-0.4, -0.2) is 23.0 Å². The number of ether oxygens (including phenoxy) is 1. The van der Waals surface area contributed by atoms with Crippen molar-refractivity contribution in [1.82, 2.24) is 0 Å². The van der Waals surface area contributed by atoms with Gasteiger partial charge < -0.3 is 0 Å². The Balaban J connectivity index is 2.75. The normalized spacial score (nSPS) is 11.6. The van der Waals surface area contributed by atoms with E-state index in [4.69, 9.17) is 16.3 Å². The summed E-state index contributed by atoms with van der Waals surface area (Å²) in [6.45, 7) is 6.94. The van der Waals surface area contributed by atoms with Gasteiger partial charge in [0, 0.05) is 0 Å². The quantitative estimate of drug-likeness (QED) is 0.321. The van der Waals surface area contributed by atoms with Gasteiger partial charge in [0.25, 0.3) is 0 Å². The summed E-state index contributed by atoms with van der Waals surface area (Å²) in [5.74, 6) is 0.957. The van der Waals surface area contributed by atoms with E-state index in [0.717, 1.165) is 15.4 Å². The van der Waals surface area contributed by atoms with E-state index in [1.165, 1.54) is 51.8 Å². The summed E-state index contributed by atoms with van der Waals surface area (Å²) in [5, 5.41) is 0.772. The number of hydrogen-bond acceptors (Lipinski definition) is 1. The third-order valence-corrected chi connectivity index (χ3v) is 19.0. The fourth-order valence-electron chi connectivity index (χ4n) is 3.04. The molecule has 0 radical (unpaired) electrons. The van der Waals surface area contributed by atoms with Crippen molar-refractivity contribution in [3.05, 3.63) is 29.3 Å². The average Bonchev–Trinajstić information content (AvgIpc) is 2.53. The van der Waals surface area contributed by atoms with Crippen molar-refractivity contribution in [3.8, 4) is 5.75 Å². The van der Waals surface area contributed by atoms with E-state index in [2.05, 4.69) is 20.8 Å². The molecule has 22 heavy (non-hydrogen) atoms. The van der Waals surface area contributed by atoms with Crippen LogP contribution in [0.25, 0.3) is 0 Å². The van der Waals surface area contributed by atoms with Gasteiger partial charge >= 0.3 is 147 Å². The van der Waals surface area contributed by atoms with Crippen LogP contribution in [0.15, 0.2) is 24.3 Å². The minimum absolute atomic E-state index is 0.772. The summed E-state index contributed by atoms with van der Waals surface area (Å²) < 4.78 is 11.8. The number of rotatable bonds is 12. The Hall–Kier alpha value is 0.109. The zero-order valence-electron chi connectivity index (χ0n) is 14.7. The Morgan fingerprint density at radius 3 is 1.91 bits per heavy atom. The van der Waals surface area contributed by atoms with Crippen molar-refractivity contribution in [3.63, 3.8) is 0 Å². The van der Waals surface area contributed by atoms with Crippen molar-refractivity contribution >= 4 is 30.0 Å². The Kier molecular flexibility index (Phi) is 10.6. The predicted octanol–water partition coefficient (Wildman–Crippen LogP) is 7.11. The molecule has 1 rings (SSSR count). The van der Waals surface area contributed by atoms with Crippen LogP contribution in [0.3, 0.4) is 0 Å². The van der Waals surface area contributed by atoms with Crippen molar-refractivity contribution in [2.75, 3.05) is 4.62 Å². The Labute approximate surface area is 146 Å². The van der Waals surface area contributed by atoms with Crippen LogP contribution in [-0.2, 0) is 0 Å². The second kappa shape index (κ2) is 11.6. The van der Waals surface area contributed by atoms with Crippen LogP contribution in [0.4, 0.5) is 0 Å². The molecule has 1 aromatic carbocycles. The molecule has 1 nitrogen and oxygen atoms in total. The van der Waals surface area contributed by atoms with E-state index in [1.807, 2.05) is 24.3 Å². The zero-order chi connectivity index (χ0) is 16.3. The number of benzene rings is 1. The van der Waals surface area contributed by atoms with E-state index < -0.39 is 18.4 Å². The first-order valence-electron chi connectivity index (χ1n) is 9.04. The molecule has 1 aromatic rings.